The maximum atomic E-state index is 13.5. The van der Waals surface area contributed by atoms with Crippen LogP contribution in [0.15, 0.2) is 77.9 Å². The van der Waals surface area contributed by atoms with Crippen molar-refractivity contribution in [2.45, 2.75) is 0 Å². The molecule has 0 saturated heterocycles. The fraction of sp³-hybridized carbons (Fsp3) is 0.0476. The predicted octanol–water partition coefficient (Wildman–Crippen LogP) is 4.94. The summed E-state index contributed by atoms with van der Waals surface area (Å²) in [6.07, 6.45) is 1.62. The summed E-state index contributed by atoms with van der Waals surface area (Å²) in [5.41, 5.74) is 4.63. The zero-order valence-corrected chi connectivity index (χ0v) is 15.5. The molecule has 0 fully saturated rings. The maximum Gasteiger partial charge on any atom is 0.262 e. The van der Waals surface area contributed by atoms with Crippen molar-refractivity contribution in [1.82, 2.24) is 0 Å². The number of hydrogen-bond donors (Lipinski definition) is 2. The minimum Gasteiger partial charge on any atom is -0.482 e. The van der Waals surface area contributed by atoms with Gasteiger partial charge in [-0.15, -0.1) is 0 Å². The Morgan fingerprint density at radius 3 is 2.57 bits per heavy atom. The number of amides is 1. The van der Waals surface area contributed by atoms with E-state index in [1.165, 1.54) is 12.1 Å². The molecule has 0 aliphatic rings. The molecule has 5 nitrogen and oxygen atoms in total. The first-order valence-corrected chi connectivity index (χ1v) is 8.80. The quantitative estimate of drug-likeness (QED) is 0.438. The largest absolute Gasteiger partial charge is 0.482 e. The Morgan fingerprint density at radius 1 is 1.07 bits per heavy atom. The summed E-state index contributed by atoms with van der Waals surface area (Å²) in [5, 5.41) is 6.92. The second-order valence-electron chi connectivity index (χ2n) is 5.74. The second kappa shape index (κ2) is 9.53. The molecule has 0 saturated carbocycles. The van der Waals surface area contributed by atoms with E-state index in [2.05, 4.69) is 15.8 Å². The molecule has 3 aromatic carbocycles. The van der Waals surface area contributed by atoms with Gasteiger partial charge in [-0.1, -0.05) is 41.9 Å². The lowest BCUT2D eigenvalue weighted by molar-refractivity contribution is -0.118. The minimum absolute atomic E-state index is 0.0969. The van der Waals surface area contributed by atoms with Crippen LogP contribution in [-0.4, -0.2) is 18.7 Å². The number of benzene rings is 3. The SMILES string of the molecule is O=C(COc1ccc(C=NNc2ccccc2)cc1Cl)Nc1ccccc1F. The molecule has 1 amide bonds. The summed E-state index contributed by atoms with van der Waals surface area (Å²) >= 11 is 6.20. The number of nitrogens with one attached hydrogen (secondary N) is 2. The maximum absolute atomic E-state index is 13.5. The third-order valence-electron chi connectivity index (χ3n) is 3.64. The molecule has 0 aliphatic heterocycles. The van der Waals surface area contributed by atoms with Crippen molar-refractivity contribution in [3.05, 3.63) is 89.2 Å². The van der Waals surface area contributed by atoms with Crippen molar-refractivity contribution < 1.29 is 13.9 Å². The van der Waals surface area contributed by atoms with E-state index in [1.54, 1.807) is 36.5 Å². The number of hydrazone groups is 1. The number of carbonyl (C=O) groups excluding carboxylic acids is 1. The Kier molecular flexibility index (Phi) is 6.59. The molecule has 3 aromatic rings. The van der Waals surface area contributed by atoms with Crippen LogP contribution in [0.25, 0.3) is 0 Å². The van der Waals surface area contributed by atoms with Gasteiger partial charge in [-0.2, -0.15) is 5.10 Å². The van der Waals surface area contributed by atoms with E-state index in [0.29, 0.717) is 10.8 Å². The number of nitrogens with zero attached hydrogens (tertiary/aromatic N) is 1. The van der Waals surface area contributed by atoms with Crippen LogP contribution in [0.1, 0.15) is 5.56 Å². The van der Waals surface area contributed by atoms with Crippen molar-refractivity contribution in [3.8, 4) is 5.75 Å². The molecule has 2 N–H and O–H groups in total. The van der Waals surface area contributed by atoms with E-state index in [-0.39, 0.29) is 12.3 Å². The Hall–Kier alpha value is -3.38. The summed E-state index contributed by atoms with van der Waals surface area (Å²) in [4.78, 5) is 11.9. The molecular formula is C21H17ClFN3O2. The molecule has 0 unspecified atom stereocenters. The van der Waals surface area contributed by atoms with E-state index in [1.807, 2.05) is 30.3 Å². The number of para-hydroxylation sites is 2. The van der Waals surface area contributed by atoms with Crippen molar-refractivity contribution in [3.63, 3.8) is 0 Å². The van der Waals surface area contributed by atoms with E-state index in [9.17, 15) is 9.18 Å². The van der Waals surface area contributed by atoms with Gasteiger partial charge >= 0.3 is 0 Å². The molecule has 0 aromatic heterocycles. The summed E-state index contributed by atoms with van der Waals surface area (Å²) in [5.74, 6) is -0.654. The van der Waals surface area contributed by atoms with Gasteiger partial charge in [-0.25, -0.2) is 4.39 Å². The lowest BCUT2D eigenvalue weighted by Crippen LogP contribution is -2.20. The van der Waals surface area contributed by atoms with Gasteiger partial charge in [0.2, 0.25) is 0 Å². The number of ether oxygens (including phenoxy) is 1. The fourth-order valence-corrected chi connectivity index (χ4v) is 2.54. The summed E-state index contributed by atoms with van der Waals surface area (Å²) in [6.45, 7) is -0.295. The number of rotatable bonds is 7. The molecule has 0 aliphatic carbocycles. The van der Waals surface area contributed by atoms with Crippen LogP contribution in [0.2, 0.25) is 5.02 Å². The molecule has 0 atom stereocenters. The van der Waals surface area contributed by atoms with Crippen LogP contribution in [0, 0.1) is 5.82 Å². The van der Waals surface area contributed by atoms with Gasteiger partial charge in [0.05, 0.1) is 22.6 Å². The predicted molar refractivity (Wildman–Crippen MR) is 110 cm³/mol. The average Bonchev–Trinajstić information content (AvgIpc) is 2.70. The first kappa shape index (κ1) is 19.4. The average molecular weight is 398 g/mol. The third-order valence-corrected chi connectivity index (χ3v) is 3.94. The molecule has 0 bridgehead atoms. The Balaban J connectivity index is 1.54. The van der Waals surface area contributed by atoms with Crippen LogP contribution in [0.4, 0.5) is 15.8 Å². The summed E-state index contributed by atoms with van der Waals surface area (Å²) < 4.78 is 19.0. The molecule has 0 spiro atoms. The highest BCUT2D eigenvalue weighted by atomic mass is 35.5. The normalized spacial score (nSPS) is 10.6. The van der Waals surface area contributed by atoms with Crippen molar-refractivity contribution in [2.24, 2.45) is 5.10 Å². The van der Waals surface area contributed by atoms with Crippen LogP contribution in [-0.2, 0) is 4.79 Å². The molecule has 7 heteroatoms. The molecular weight excluding hydrogens is 381 g/mol. The number of hydrogen-bond acceptors (Lipinski definition) is 4. The van der Waals surface area contributed by atoms with Gasteiger partial charge in [-0.3, -0.25) is 10.2 Å². The monoisotopic (exact) mass is 397 g/mol. The van der Waals surface area contributed by atoms with E-state index in [0.717, 1.165) is 11.3 Å². The molecule has 142 valence electrons. The Bertz CT molecular complexity index is 980. The van der Waals surface area contributed by atoms with Crippen molar-refractivity contribution in [1.29, 1.82) is 0 Å². The second-order valence-corrected chi connectivity index (χ2v) is 6.15. The fourth-order valence-electron chi connectivity index (χ4n) is 2.30. The first-order chi connectivity index (χ1) is 13.6. The van der Waals surface area contributed by atoms with Gasteiger partial charge < -0.3 is 10.1 Å². The van der Waals surface area contributed by atoms with E-state index < -0.39 is 11.7 Å². The first-order valence-electron chi connectivity index (χ1n) is 8.42. The number of halogens is 2. The Morgan fingerprint density at radius 2 is 1.82 bits per heavy atom. The van der Waals surface area contributed by atoms with Gasteiger partial charge in [0.25, 0.3) is 5.91 Å². The lowest BCUT2D eigenvalue weighted by Gasteiger charge is -2.09. The highest BCUT2D eigenvalue weighted by Crippen LogP contribution is 2.25. The van der Waals surface area contributed by atoms with Crippen molar-refractivity contribution in [2.75, 3.05) is 17.3 Å². The zero-order chi connectivity index (χ0) is 19.8. The molecule has 0 radical (unpaired) electrons. The van der Waals surface area contributed by atoms with Gasteiger partial charge in [0.15, 0.2) is 6.61 Å². The highest BCUT2D eigenvalue weighted by molar-refractivity contribution is 6.32. The van der Waals surface area contributed by atoms with Crippen LogP contribution in [0.5, 0.6) is 5.75 Å². The van der Waals surface area contributed by atoms with Crippen LogP contribution < -0.4 is 15.5 Å². The van der Waals surface area contributed by atoms with E-state index >= 15 is 0 Å². The lowest BCUT2D eigenvalue weighted by atomic mass is 10.2. The standard InChI is InChI=1S/C21H17ClFN3O2/c22-17-12-15(13-24-26-16-6-2-1-3-7-16)10-11-20(17)28-14-21(27)25-19-9-5-4-8-18(19)23/h1-13,26H,14H2,(H,25,27). The highest BCUT2D eigenvalue weighted by Gasteiger charge is 2.09. The van der Waals surface area contributed by atoms with Crippen molar-refractivity contribution >= 4 is 35.1 Å². The van der Waals surface area contributed by atoms with Crippen LogP contribution in [0.3, 0.4) is 0 Å². The smallest absolute Gasteiger partial charge is 0.262 e. The zero-order valence-electron chi connectivity index (χ0n) is 14.7. The number of carbonyl (C=O) groups is 1. The van der Waals surface area contributed by atoms with E-state index in [4.69, 9.17) is 16.3 Å². The van der Waals surface area contributed by atoms with Gasteiger partial charge in [0, 0.05) is 0 Å². The Labute approximate surface area is 166 Å². The molecule has 3 rings (SSSR count). The minimum atomic E-state index is -0.512. The topological polar surface area (TPSA) is 62.7 Å². The van der Waals surface area contributed by atoms with Gasteiger partial charge in [-0.05, 0) is 48.0 Å². The van der Waals surface area contributed by atoms with Gasteiger partial charge in [0.1, 0.15) is 11.6 Å². The van der Waals surface area contributed by atoms with Crippen LogP contribution >= 0.6 is 11.6 Å². The third kappa shape index (κ3) is 5.56. The number of anilines is 2. The summed E-state index contributed by atoms with van der Waals surface area (Å²) in [6, 6.07) is 20.5. The molecule has 0 heterocycles. The summed E-state index contributed by atoms with van der Waals surface area (Å²) in [7, 11) is 0. The molecule has 28 heavy (non-hydrogen) atoms.